The SMILES string of the molecule is O=S1(=O)c2cccc3c2N2[C@H]4C(=CC=CC41)C1=CC=C[C@H]4C1N2c1c-3cccc1S4(=O)=O. The molecule has 8 rings (SSSR count). The topological polar surface area (TPSA) is 74.8 Å². The smallest absolute Gasteiger partial charge is 0.189 e. The fourth-order valence-electron chi connectivity index (χ4n) is 6.39. The van der Waals surface area contributed by atoms with E-state index in [1.165, 1.54) is 0 Å². The standard InChI is InChI=1S/C24H16N2O4S2/c27-31(28)17-9-1-5-13-14-6-2-11-19-22(14)26-24-16(8-4-12-20(24)32(19,29)30)15-7-3-10-18(31)23(15)25(26)21(13)17/h1-12,17,19,21-22H/t17-,19?,21?,22-/m0/s1. The quantitative estimate of drug-likeness (QED) is 0.602. The summed E-state index contributed by atoms with van der Waals surface area (Å²) in [5, 5.41) is 2.70. The third-order valence-corrected chi connectivity index (χ3v) is 11.7. The molecular weight excluding hydrogens is 444 g/mol. The second-order valence-electron chi connectivity index (χ2n) is 8.92. The number of allylic oxidation sites excluding steroid dienone is 4. The van der Waals surface area contributed by atoms with Crippen molar-refractivity contribution in [3.8, 4) is 11.1 Å². The van der Waals surface area contributed by atoms with Crippen LogP contribution in [-0.4, -0.2) is 39.4 Å². The summed E-state index contributed by atoms with van der Waals surface area (Å²) in [6.45, 7) is 0. The Morgan fingerprint density at radius 1 is 0.625 bits per heavy atom. The van der Waals surface area contributed by atoms with Gasteiger partial charge in [0.1, 0.15) is 10.5 Å². The third-order valence-electron chi connectivity index (χ3n) is 7.58. The van der Waals surface area contributed by atoms with Crippen LogP contribution < -0.4 is 10.0 Å². The Hall–Kier alpha value is -3.10. The van der Waals surface area contributed by atoms with Crippen LogP contribution in [0, 0.1) is 0 Å². The van der Waals surface area contributed by atoms with Crippen molar-refractivity contribution in [2.75, 3.05) is 10.0 Å². The van der Waals surface area contributed by atoms with Gasteiger partial charge in [0.2, 0.25) is 0 Å². The van der Waals surface area contributed by atoms with Crippen LogP contribution in [0.5, 0.6) is 0 Å². The van der Waals surface area contributed by atoms with Gasteiger partial charge < -0.3 is 0 Å². The van der Waals surface area contributed by atoms with E-state index >= 15 is 0 Å². The van der Waals surface area contributed by atoms with E-state index in [9.17, 15) is 16.8 Å². The first-order chi connectivity index (χ1) is 15.4. The van der Waals surface area contributed by atoms with Gasteiger partial charge in [0, 0.05) is 11.1 Å². The molecule has 0 spiro atoms. The molecule has 2 aliphatic carbocycles. The molecule has 158 valence electrons. The average Bonchev–Trinajstić information content (AvgIpc) is 2.80. The van der Waals surface area contributed by atoms with Gasteiger partial charge in [-0.1, -0.05) is 60.7 Å². The maximum Gasteiger partial charge on any atom is 0.189 e. The number of para-hydroxylation sites is 2. The lowest BCUT2D eigenvalue weighted by Gasteiger charge is -2.62. The molecule has 4 heterocycles. The minimum absolute atomic E-state index is 0.307. The van der Waals surface area contributed by atoms with Crippen molar-refractivity contribution < 1.29 is 16.8 Å². The van der Waals surface area contributed by atoms with Crippen molar-refractivity contribution in [3.05, 3.63) is 84.0 Å². The summed E-state index contributed by atoms with van der Waals surface area (Å²) in [7, 11) is -7.24. The summed E-state index contributed by atoms with van der Waals surface area (Å²) in [5.74, 6) is 0. The Balaban J connectivity index is 1.62. The van der Waals surface area contributed by atoms with Gasteiger partial charge in [0.25, 0.3) is 0 Å². The van der Waals surface area contributed by atoms with E-state index < -0.39 is 42.3 Å². The zero-order valence-electron chi connectivity index (χ0n) is 16.6. The molecule has 2 aromatic rings. The van der Waals surface area contributed by atoms with Crippen LogP contribution in [0.15, 0.2) is 93.8 Å². The highest BCUT2D eigenvalue weighted by atomic mass is 32.2. The predicted octanol–water partition coefficient (Wildman–Crippen LogP) is 2.95. The van der Waals surface area contributed by atoms with Gasteiger partial charge in [-0.15, -0.1) is 0 Å². The molecule has 2 unspecified atom stereocenters. The van der Waals surface area contributed by atoms with Gasteiger partial charge in [-0.25, -0.2) is 16.8 Å². The van der Waals surface area contributed by atoms with Crippen molar-refractivity contribution in [1.29, 1.82) is 0 Å². The van der Waals surface area contributed by atoms with Crippen LogP contribution in [0.4, 0.5) is 11.4 Å². The molecule has 8 heteroatoms. The van der Waals surface area contributed by atoms with Crippen molar-refractivity contribution in [1.82, 2.24) is 0 Å². The number of hydrazine groups is 1. The number of hydrogen-bond donors (Lipinski definition) is 0. The Labute approximate surface area is 185 Å². The largest absolute Gasteiger partial charge is 0.274 e. The van der Waals surface area contributed by atoms with Crippen LogP contribution in [0.3, 0.4) is 0 Å². The Bertz CT molecular complexity index is 1520. The van der Waals surface area contributed by atoms with Crippen molar-refractivity contribution in [2.45, 2.75) is 32.4 Å². The summed E-state index contributed by atoms with van der Waals surface area (Å²) in [6.07, 6.45) is 11.0. The molecule has 6 aliphatic rings. The van der Waals surface area contributed by atoms with Crippen molar-refractivity contribution >= 4 is 31.0 Å². The minimum Gasteiger partial charge on any atom is -0.274 e. The molecular formula is C24H16N2O4S2. The number of hydrogen-bond acceptors (Lipinski definition) is 6. The molecule has 1 saturated heterocycles. The molecule has 0 bridgehead atoms. The van der Waals surface area contributed by atoms with Crippen LogP contribution in [0.25, 0.3) is 11.1 Å². The number of fused-ring (bicyclic) bond motifs is 2. The fourth-order valence-corrected chi connectivity index (χ4v) is 10.3. The molecule has 6 nitrogen and oxygen atoms in total. The van der Waals surface area contributed by atoms with Crippen molar-refractivity contribution in [2.24, 2.45) is 0 Å². The molecule has 0 radical (unpaired) electrons. The van der Waals surface area contributed by atoms with Crippen LogP contribution in [0.1, 0.15) is 0 Å². The maximum atomic E-state index is 13.8. The average molecular weight is 461 g/mol. The van der Waals surface area contributed by atoms with Crippen LogP contribution >= 0.6 is 0 Å². The molecule has 0 aromatic heterocycles. The second-order valence-corrected chi connectivity index (χ2v) is 13.1. The highest BCUT2D eigenvalue weighted by Crippen LogP contribution is 2.60. The molecule has 32 heavy (non-hydrogen) atoms. The van der Waals surface area contributed by atoms with Gasteiger partial charge in [0.15, 0.2) is 19.7 Å². The zero-order chi connectivity index (χ0) is 21.6. The van der Waals surface area contributed by atoms with Gasteiger partial charge in [-0.3, -0.25) is 10.0 Å². The lowest BCUT2D eigenvalue weighted by molar-refractivity contribution is 0.476. The van der Waals surface area contributed by atoms with E-state index in [1.54, 1.807) is 48.6 Å². The van der Waals surface area contributed by atoms with Gasteiger partial charge in [-0.2, -0.15) is 0 Å². The molecule has 2 aromatic carbocycles. The van der Waals surface area contributed by atoms with E-state index in [-0.39, 0.29) is 0 Å². The highest BCUT2D eigenvalue weighted by molar-refractivity contribution is 7.93. The first-order valence-corrected chi connectivity index (χ1v) is 13.6. The predicted molar refractivity (Wildman–Crippen MR) is 121 cm³/mol. The summed E-state index contributed by atoms with van der Waals surface area (Å²) in [6, 6.07) is 9.78. The lowest BCUT2D eigenvalue weighted by Crippen LogP contribution is -2.71. The van der Waals surface area contributed by atoms with E-state index in [0.29, 0.717) is 21.2 Å². The summed E-state index contributed by atoms with van der Waals surface area (Å²) in [5.41, 5.74) is 4.61. The van der Waals surface area contributed by atoms with Crippen LogP contribution in [-0.2, 0) is 19.7 Å². The monoisotopic (exact) mass is 460 g/mol. The maximum absolute atomic E-state index is 13.8. The van der Waals surface area contributed by atoms with Gasteiger partial charge in [0.05, 0.1) is 33.2 Å². The molecule has 0 saturated carbocycles. The fraction of sp³-hybridized carbons (Fsp3) is 0.167. The van der Waals surface area contributed by atoms with E-state index in [4.69, 9.17) is 0 Å². The van der Waals surface area contributed by atoms with E-state index in [1.807, 2.05) is 24.3 Å². The Morgan fingerprint density at radius 2 is 1.06 bits per heavy atom. The zero-order valence-corrected chi connectivity index (χ0v) is 18.2. The molecule has 0 N–H and O–H groups in total. The lowest BCUT2D eigenvalue weighted by atomic mass is 9.79. The number of anilines is 2. The first-order valence-electron chi connectivity index (χ1n) is 10.5. The van der Waals surface area contributed by atoms with Crippen LogP contribution in [0.2, 0.25) is 0 Å². The number of sulfone groups is 2. The summed E-state index contributed by atoms with van der Waals surface area (Å²) in [4.78, 5) is 0.615. The summed E-state index contributed by atoms with van der Waals surface area (Å²) >= 11 is 0. The number of rotatable bonds is 0. The van der Waals surface area contributed by atoms with Gasteiger partial charge in [-0.05, 0) is 23.3 Å². The second kappa shape index (κ2) is 5.10. The first kappa shape index (κ1) is 17.5. The Morgan fingerprint density at radius 3 is 1.50 bits per heavy atom. The molecule has 0 amide bonds. The molecule has 4 atom stereocenters. The summed E-state index contributed by atoms with van der Waals surface area (Å²) < 4.78 is 55.0. The minimum atomic E-state index is -3.62. The highest BCUT2D eigenvalue weighted by Gasteiger charge is 2.61. The Kier molecular flexibility index (Phi) is 2.78. The van der Waals surface area contributed by atoms with E-state index in [0.717, 1.165) is 22.3 Å². The van der Waals surface area contributed by atoms with Crippen molar-refractivity contribution in [3.63, 3.8) is 0 Å². The third kappa shape index (κ3) is 1.64. The molecule has 1 fully saturated rings. The van der Waals surface area contributed by atoms with E-state index in [2.05, 4.69) is 10.0 Å². The number of nitrogens with zero attached hydrogens (tertiary/aromatic N) is 2. The normalized spacial score (nSPS) is 32.1. The van der Waals surface area contributed by atoms with Gasteiger partial charge >= 0.3 is 0 Å². The number of benzene rings is 2. The molecule has 4 aliphatic heterocycles.